The summed E-state index contributed by atoms with van der Waals surface area (Å²) >= 11 is 5.96. The van der Waals surface area contributed by atoms with Crippen LogP contribution in [0.25, 0.3) is 0 Å². The third-order valence-electron chi connectivity index (χ3n) is 3.69. The molecule has 0 atom stereocenters. The number of rotatable bonds is 8. The third kappa shape index (κ3) is 5.83. The third-order valence-corrected chi connectivity index (χ3v) is 3.92. The normalized spacial score (nSPS) is 10.7. The summed E-state index contributed by atoms with van der Waals surface area (Å²) in [6.07, 6.45) is 4.92. The number of nitrogens with one attached hydrogen (secondary N) is 1. The SMILES string of the molecule is COc1ccc(Cl)cc1NC(=O)CCN(C)CCc1ccncc1. The van der Waals surface area contributed by atoms with Crippen molar-refractivity contribution in [3.8, 4) is 5.75 Å². The van der Waals surface area contributed by atoms with Gasteiger partial charge in [0.25, 0.3) is 0 Å². The molecular formula is C18H22ClN3O2. The van der Waals surface area contributed by atoms with Crippen molar-refractivity contribution in [2.24, 2.45) is 0 Å². The van der Waals surface area contributed by atoms with E-state index in [2.05, 4.69) is 15.2 Å². The zero-order valence-corrected chi connectivity index (χ0v) is 14.7. The van der Waals surface area contributed by atoms with Gasteiger partial charge in [0.1, 0.15) is 5.75 Å². The summed E-state index contributed by atoms with van der Waals surface area (Å²) in [7, 11) is 3.57. The smallest absolute Gasteiger partial charge is 0.225 e. The van der Waals surface area contributed by atoms with E-state index in [9.17, 15) is 4.79 Å². The maximum Gasteiger partial charge on any atom is 0.225 e. The largest absolute Gasteiger partial charge is 0.495 e. The van der Waals surface area contributed by atoms with E-state index in [1.54, 1.807) is 37.7 Å². The molecule has 1 aromatic carbocycles. The lowest BCUT2D eigenvalue weighted by molar-refractivity contribution is -0.116. The molecule has 1 amide bonds. The van der Waals surface area contributed by atoms with E-state index in [-0.39, 0.29) is 5.91 Å². The fourth-order valence-electron chi connectivity index (χ4n) is 2.26. The molecule has 1 N–H and O–H groups in total. The second kappa shape index (κ2) is 9.25. The molecule has 0 spiro atoms. The lowest BCUT2D eigenvalue weighted by Gasteiger charge is -2.16. The maximum atomic E-state index is 12.1. The molecule has 0 aliphatic carbocycles. The monoisotopic (exact) mass is 347 g/mol. The van der Waals surface area contributed by atoms with Crippen molar-refractivity contribution in [1.29, 1.82) is 0 Å². The summed E-state index contributed by atoms with van der Waals surface area (Å²) in [5.41, 5.74) is 1.83. The average molecular weight is 348 g/mol. The first-order valence-electron chi connectivity index (χ1n) is 7.79. The first kappa shape index (κ1) is 18.2. The maximum absolute atomic E-state index is 12.1. The molecule has 0 bridgehead atoms. The minimum absolute atomic E-state index is 0.0636. The van der Waals surface area contributed by atoms with Crippen molar-refractivity contribution in [3.05, 3.63) is 53.3 Å². The van der Waals surface area contributed by atoms with Gasteiger partial charge in [-0.15, -0.1) is 0 Å². The highest BCUT2D eigenvalue weighted by Crippen LogP contribution is 2.27. The lowest BCUT2D eigenvalue weighted by Crippen LogP contribution is -2.26. The molecule has 0 saturated heterocycles. The van der Waals surface area contributed by atoms with Crippen LogP contribution in [-0.2, 0) is 11.2 Å². The molecule has 1 aromatic heterocycles. The van der Waals surface area contributed by atoms with E-state index in [4.69, 9.17) is 16.3 Å². The lowest BCUT2D eigenvalue weighted by atomic mass is 10.2. The van der Waals surface area contributed by atoms with Gasteiger partial charge in [-0.3, -0.25) is 9.78 Å². The molecule has 1 heterocycles. The van der Waals surface area contributed by atoms with Gasteiger partial charge < -0.3 is 15.0 Å². The number of halogens is 1. The van der Waals surface area contributed by atoms with E-state index in [1.165, 1.54) is 5.56 Å². The molecule has 0 aliphatic rings. The molecule has 2 rings (SSSR count). The summed E-state index contributed by atoms with van der Waals surface area (Å²) in [5, 5.41) is 3.40. The molecule has 6 heteroatoms. The van der Waals surface area contributed by atoms with Crippen molar-refractivity contribution in [2.45, 2.75) is 12.8 Å². The van der Waals surface area contributed by atoms with Crippen molar-refractivity contribution < 1.29 is 9.53 Å². The van der Waals surface area contributed by atoms with Crippen LogP contribution < -0.4 is 10.1 Å². The highest BCUT2D eigenvalue weighted by atomic mass is 35.5. The van der Waals surface area contributed by atoms with Crippen LogP contribution in [0.5, 0.6) is 5.75 Å². The summed E-state index contributed by atoms with van der Waals surface area (Å²) in [5.74, 6) is 0.533. The van der Waals surface area contributed by atoms with Crippen molar-refractivity contribution in [3.63, 3.8) is 0 Å². The van der Waals surface area contributed by atoms with Gasteiger partial charge in [-0.25, -0.2) is 0 Å². The number of carbonyl (C=O) groups is 1. The molecule has 24 heavy (non-hydrogen) atoms. The van der Waals surface area contributed by atoms with Crippen LogP contribution in [0.2, 0.25) is 5.02 Å². The Hall–Kier alpha value is -2.11. The Labute approximate surface area is 147 Å². The van der Waals surface area contributed by atoms with Gasteiger partial charge in [-0.1, -0.05) is 11.6 Å². The highest BCUT2D eigenvalue weighted by Gasteiger charge is 2.09. The van der Waals surface area contributed by atoms with E-state index < -0.39 is 0 Å². The van der Waals surface area contributed by atoms with Gasteiger partial charge >= 0.3 is 0 Å². The quantitative estimate of drug-likeness (QED) is 0.796. The van der Waals surface area contributed by atoms with Gasteiger partial charge in [0, 0.05) is 36.9 Å². The molecule has 0 unspecified atom stereocenters. The number of nitrogens with zero attached hydrogens (tertiary/aromatic N) is 2. The highest BCUT2D eigenvalue weighted by molar-refractivity contribution is 6.31. The summed E-state index contributed by atoms with van der Waals surface area (Å²) < 4.78 is 5.23. The number of likely N-dealkylation sites (N-methyl/N-ethyl adjacent to an activating group) is 1. The molecule has 0 fully saturated rings. The van der Waals surface area contributed by atoms with Gasteiger partial charge in [0.2, 0.25) is 5.91 Å². The van der Waals surface area contributed by atoms with Crippen LogP contribution in [-0.4, -0.2) is 43.0 Å². The van der Waals surface area contributed by atoms with Crippen LogP contribution in [0.15, 0.2) is 42.7 Å². The fourth-order valence-corrected chi connectivity index (χ4v) is 2.44. The Kier molecular flexibility index (Phi) is 7.03. The molecule has 5 nitrogen and oxygen atoms in total. The number of anilines is 1. The number of hydrogen-bond acceptors (Lipinski definition) is 4. The second-order valence-electron chi connectivity index (χ2n) is 5.55. The van der Waals surface area contributed by atoms with Crippen molar-refractivity contribution in [1.82, 2.24) is 9.88 Å². The van der Waals surface area contributed by atoms with Crippen LogP contribution in [0.4, 0.5) is 5.69 Å². The predicted octanol–water partition coefficient (Wildman–Crippen LogP) is 3.25. The Balaban J connectivity index is 1.77. The number of aromatic nitrogens is 1. The first-order valence-corrected chi connectivity index (χ1v) is 8.17. The summed E-state index contributed by atoms with van der Waals surface area (Å²) in [6.45, 7) is 1.57. The average Bonchev–Trinajstić information content (AvgIpc) is 2.59. The van der Waals surface area contributed by atoms with E-state index in [0.29, 0.717) is 29.4 Å². The van der Waals surface area contributed by atoms with Crippen LogP contribution in [0.1, 0.15) is 12.0 Å². The minimum atomic E-state index is -0.0636. The minimum Gasteiger partial charge on any atom is -0.495 e. The van der Waals surface area contributed by atoms with Gasteiger partial charge in [0.05, 0.1) is 12.8 Å². The second-order valence-corrected chi connectivity index (χ2v) is 5.99. The Bertz CT molecular complexity index is 665. The number of pyridine rings is 1. The van der Waals surface area contributed by atoms with Crippen LogP contribution >= 0.6 is 11.6 Å². The topological polar surface area (TPSA) is 54.5 Å². The number of carbonyl (C=O) groups excluding carboxylic acids is 1. The molecule has 2 aromatic rings. The zero-order valence-electron chi connectivity index (χ0n) is 14.0. The predicted molar refractivity (Wildman–Crippen MR) is 96.7 cm³/mol. The Morgan fingerprint density at radius 1 is 1.25 bits per heavy atom. The van der Waals surface area contributed by atoms with Gasteiger partial charge in [0.15, 0.2) is 0 Å². The number of hydrogen-bond donors (Lipinski definition) is 1. The number of amides is 1. The number of ether oxygens (including phenoxy) is 1. The fraction of sp³-hybridized carbons (Fsp3) is 0.333. The molecule has 0 aliphatic heterocycles. The Morgan fingerprint density at radius 2 is 2.00 bits per heavy atom. The standard InChI is InChI=1S/C18H22ClN3O2/c1-22(11-7-14-5-9-20-10-6-14)12-8-18(23)21-16-13-15(19)3-4-17(16)24-2/h3-6,9-10,13H,7-8,11-12H2,1-2H3,(H,21,23). The molecule has 0 saturated carbocycles. The Morgan fingerprint density at radius 3 is 2.71 bits per heavy atom. The molecule has 128 valence electrons. The van der Waals surface area contributed by atoms with E-state index >= 15 is 0 Å². The van der Waals surface area contributed by atoms with Crippen LogP contribution in [0, 0.1) is 0 Å². The number of benzene rings is 1. The first-order chi connectivity index (χ1) is 11.6. The van der Waals surface area contributed by atoms with Gasteiger partial charge in [-0.2, -0.15) is 0 Å². The molecular weight excluding hydrogens is 326 g/mol. The van der Waals surface area contributed by atoms with Crippen molar-refractivity contribution >= 4 is 23.2 Å². The summed E-state index contributed by atoms with van der Waals surface area (Å²) in [4.78, 5) is 18.3. The van der Waals surface area contributed by atoms with E-state index in [1.807, 2.05) is 19.2 Å². The van der Waals surface area contributed by atoms with E-state index in [0.717, 1.165) is 13.0 Å². The van der Waals surface area contributed by atoms with Gasteiger partial charge in [-0.05, 0) is 49.4 Å². The molecule has 0 radical (unpaired) electrons. The van der Waals surface area contributed by atoms with Crippen molar-refractivity contribution in [2.75, 3.05) is 32.6 Å². The summed E-state index contributed by atoms with van der Waals surface area (Å²) in [6, 6.07) is 9.16. The zero-order chi connectivity index (χ0) is 17.4. The number of methoxy groups -OCH3 is 1. The van der Waals surface area contributed by atoms with Crippen LogP contribution in [0.3, 0.4) is 0 Å².